The first-order chi connectivity index (χ1) is 5.97. The molecule has 1 aromatic carbocycles. The highest BCUT2D eigenvalue weighted by Gasteiger charge is 2.16. The van der Waals surface area contributed by atoms with Crippen LogP contribution < -0.4 is 4.18 Å². The van der Waals surface area contributed by atoms with Crippen molar-refractivity contribution in [1.29, 1.82) is 0 Å². The molecule has 13 heavy (non-hydrogen) atoms. The largest absolute Gasteiger partial charge is 0.433 e. The smallest absolute Gasteiger partial charge is 0.160 e. The minimum Gasteiger partial charge on any atom is -0.433 e. The van der Waals surface area contributed by atoms with E-state index in [1.807, 2.05) is 0 Å². The van der Waals surface area contributed by atoms with Gasteiger partial charge in [0.05, 0.1) is 0 Å². The fourth-order valence-electron chi connectivity index (χ4n) is 0.692. The van der Waals surface area contributed by atoms with Crippen molar-refractivity contribution < 1.29 is 8.57 Å². The van der Waals surface area contributed by atoms with Crippen LogP contribution >= 0.6 is 11.5 Å². The fourth-order valence-corrected chi connectivity index (χ4v) is 2.18. The minimum absolute atomic E-state index is 0.256. The highest BCUT2D eigenvalue weighted by Crippen LogP contribution is 2.24. The van der Waals surface area contributed by atoms with Crippen LogP contribution in [0.3, 0.4) is 0 Å². The Balaban J connectivity index is 2.55. The van der Waals surface area contributed by atoms with Crippen LogP contribution in [0.4, 0.5) is 4.39 Å². The lowest BCUT2D eigenvalue weighted by Crippen LogP contribution is -2.15. The summed E-state index contributed by atoms with van der Waals surface area (Å²) in [6, 6.07) is 6.21. The second-order valence-electron chi connectivity index (χ2n) is 3.74. The predicted molar refractivity (Wildman–Crippen MR) is 58.0 cm³/mol. The van der Waals surface area contributed by atoms with E-state index in [9.17, 15) is 4.39 Å². The fraction of sp³-hybridized carbons (Fsp3) is 0.333. The summed E-state index contributed by atoms with van der Waals surface area (Å²) >= 11 is 1.47. The van der Waals surface area contributed by atoms with Gasteiger partial charge < -0.3 is 4.18 Å². The zero-order chi connectivity index (χ0) is 9.90. The minimum atomic E-state index is -1.29. The summed E-state index contributed by atoms with van der Waals surface area (Å²) < 4.78 is 18.1. The quantitative estimate of drug-likeness (QED) is 0.563. The van der Waals surface area contributed by atoms with Crippen molar-refractivity contribution in [2.24, 2.45) is 0 Å². The molecular formula is C9H13FOSSi. The van der Waals surface area contributed by atoms with Gasteiger partial charge in [-0.25, -0.2) is 4.39 Å². The number of rotatable bonds is 3. The molecule has 0 saturated heterocycles. The van der Waals surface area contributed by atoms with Crippen LogP contribution in [0.25, 0.3) is 0 Å². The van der Waals surface area contributed by atoms with Gasteiger partial charge >= 0.3 is 0 Å². The average Bonchev–Trinajstić information content (AvgIpc) is 2.00. The van der Waals surface area contributed by atoms with Gasteiger partial charge in [0, 0.05) is 17.6 Å². The van der Waals surface area contributed by atoms with Crippen LogP contribution in [0, 0.1) is 5.82 Å². The monoisotopic (exact) mass is 216 g/mol. The van der Waals surface area contributed by atoms with E-state index in [4.69, 9.17) is 4.18 Å². The highest BCUT2D eigenvalue weighted by atomic mass is 32.4. The lowest BCUT2D eigenvalue weighted by Gasteiger charge is -2.14. The molecule has 1 nitrogen and oxygen atoms in total. The van der Waals surface area contributed by atoms with E-state index in [-0.39, 0.29) is 5.82 Å². The molecule has 0 spiro atoms. The molecule has 0 aliphatic rings. The van der Waals surface area contributed by atoms with Crippen molar-refractivity contribution in [1.82, 2.24) is 0 Å². The first kappa shape index (κ1) is 10.6. The molecule has 0 N–H and O–H groups in total. The highest BCUT2D eigenvalue weighted by molar-refractivity contribution is 8.25. The van der Waals surface area contributed by atoms with Gasteiger partial charge in [-0.3, -0.25) is 0 Å². The lowest BCUT2D eigenvalue weighted by molar-refractivity contribution is 0.602. The van der Waals surface area contributed by atoms with Crippen LogP contribution in [-0.4, -0.2) is 7.22 Å². The molecule has 72 valence electrons. The summed E-state index contributed by atoms with van der Waals surface area (Å²) in [6.45, 7) is 6.53. The zero-order valence-electron chi connectivity index (χ0n) is 8.00. The summed E-state index contributed by atoms with van der Waals surface area (Å²) in [5, 5.41) is 0. The first-order valence-corrected chi connectivity index (χ1v) is 9.05. The lowest BCUT2D eigenvalue weighted by atomic mass is 10.3. The summed E-state index contributed by atoms with van der Waals surface area (Å²) in [6.07, 6.45) is 0. The van der Waals surface area contributed by atoms with E-state index in [1.54, 1.807) is 12.1 Å². The normalized spacial score (nSPS) is 11.4. The van der Waals surface area contributed by atoms with E-state index in [0.717, 1.165) is 0 Å². The molecule has 0 aliphatic heterocycles. The Hall–Kier alpha value is -0.483. The average molecular weight is 216 g/mol. The topological polar surface area (TPSA) is 9.23 Å². The summed E-state index contributed by atoms with van der Waals surface area (Å²) in [7, 11) is -1.29. The van der Waals surface area contributed by atoms with Crippen molar-refractivity contribution >= 4 is 18.7 Å². The zero-order valence-corrected chi connectivity index (χ0v) is 9.82. The standard InChI is InChI=1S/C9H13FOSSi/c1-13(2,3)12-11-9-6-4-5-8(10)7-9/h4-7H,1-3H3. The van der Waals surface area contributed by atoms with Crippen LogP contribution in [0.15, 0.2) is 24.3 Å². The van der Waals surface area contributed by atoms with Gasteiger partial charge in [-0.05, 0) is 12.1 Å². The van der Waals surface area contributed by atoms with Crippen LogP contribution in [-0.2, 0) is 0 Å². The molecule has 1 aromatic rings. The van der Waals surface area contributed by atoms with Gasteiger partial charge in [-0.1, -0.05) is 25.7 Å². The number of hydrogen-bond donors (Lipinski definition) is 0. The van der Waals surface area contributed by atoms with E-state index in [2.05, 4.69) is 19.6 Å². The SMILES string of the molecule is C[Si](C)(C)SOc1cccc(F)c1. The van der Waals surface area contributed by atoms with Gasteiger partial charge in [-0.15, -0.1) is 0 Å². The molecule has 0 amide bonds. The maximum Gasteiger partial charge on any atom is 0.160 e. The molecule has 1 rings (SSSR count). The third-order valence-electron chi connectivity index (χ3n) is 1.18. The molecule has 0 radical (unpaired) electrons. The Morgan fingerprint density at radius 2 is 2.00 bits per heavy atom. The molecule has 4 heteroatoms. The van der Waals surface area contributed by atoms with Crippen molar-refractivity contribution in [3.63, 3.8) is 0 Å². The molecule has 0 aromatic heterocycles. The summed E-state index contributed by atoms with van der Waals surface area (Å²) in [5.41, 5.74) is 0. The Labute approximate surface area is 83.2 Å². The summed E-state index contributed by atoms with van der Waals surface area (Å²) in [4.78, 5) is 0. The van der Waals surface area contributed by atoms with E-state index in [1.165, 1.54) is 23.6 Å². The number of hydrogen-bond acceptors (Lipinski definition) is 2. The maximum absolute atomic E-state index is 12.7. The van der Waals surface area contributed by atoms with Crippen molar-refractivity contribution in [3.8, 4) is 5.75 Å². The van der Waals surface area contributed by atoms with Gasteiger partial charge in [0.2, 0.25) is 0 Å². The predicted octanol–water partition coefficient (Wildman–Crippen LogP) is 3.69. The molecule has 0 saturated carbocycles. The first-order valence-electron chi connectivity index (χ1n) is 4.09. The van der Waals surface area contributed by atoms with Crippen LogP contribution in [0.1, 0.15) is 0 Å². The molecule has 0 aliphatic carbocycles. The Bertz CT molecular complexity index is 285. The second-order valence-corrected chi connectivity index (χ2v) is 12.5. The number of halogens is 1. The van der Waals surface area contributed by atoms with Gasteiger partial charge in [0.25, 0.3) is 0 Å². The van der Waals surface area contributed by atoms with Gasteiger partial charge in [-0.2, -0.15) is 0 Å². The third-order valence-corrected chi connectivity index (χ3v) is 3.71. The third kappa shape index (κ3) is 4.33. The van der Waals surface area contributed by atoms with Gasteiger partial charge in [0.15, 0.2) is 7.22 Å². The van der Waals surface area contributed by atoms with E-state index >= 15 is 0 Å². The number of benzene rings is 1. The van der Waals surface area contributed by atoms with Crippen molar-refractivity contribution in [2.75, 3.05) is 0 Å². The maximum atomic E-state index is 12.7. The van der Waals surface area contributed by atoms with Crippen LogP contribution in [0.2, 0.25) is 19.6 Å². The van der Waals surface area contributed by atoms with Crippen molar-refractivity contribution in [3.05, 3.63) is 30.1 Å². The summed E-state index contributed by atoms with van der Waals surface area (Å²) in [5.74, 6) is 0.334. The molecular weight excluding hydrogens is 203 g/mol. The molecule has 0 bridgehead atoms. The Kier molecular flexibility index (Phi) is 3.38. The Morgan fingerprint density at radius 1 is 1.31 bits per heavy atom. The van der Waals surface area contributed by atoms with E-state index < -0.39 is 7.22 Å². The molecule has 0 fully saturated rings. The van der Waals surface area contributed by atoms with Gasteiger partial charge in [0.1, 0.15) is 11.6 Å². The molecule has 0 heterocycles. The second kappa shape index (κ2) is 4.15. The van der Waals surface area contributed by atoms with Crippen molar-refractivity contribution in [2.45, 2.75) is 19.6 Å². The van der Waals surface area contributed by atoms with E-state index in [0.29, 0.717) is 5.75 Å². The molecule has 0 atom stereocenters. The molecule has 0 unspecified atom stereocenters. The van der Waals surface area contributed by atoms with Crippen LogP contribution in [0.5, 0.6) is 5.75 Å². The Morgan fingerprint density at radius 3 is 2.54 bits per heavy atom.